The molecule has 0 aromatic carbocycles. The van der Waals surface area contributed by atoms with Crippen molar-refractivity contribution >= 4 is 17.7 Å². The Hall–Kier alpha value is -1.36. The molecule has 1 amide bonds. The van der Waals surface area contributed by atoms with E-state index in [4.69, 9.17) is 9.47 Å². The Bertz CT molecular complexity index is 749. The average Bonchev–Trinajstić information content (AvgIpc) is 3.43. The van der Waals surface area contributed by atoms with E-state index in [1.54, 1.807) is 4.57 Å². The number of rotatable bonds is 8. The van der Waals surface area contributed by atoms with Gasteiger partial charge >= 0.3 is 5.69 Å². The van der Waals surface area contributed by atoms with Gasteiger partial charge in [0.05, 0.1) is 31.6 Å². The molecule has 1 aliphatic carbocycles. The topological polar surface area (TPSA) is 101 Å². The summed E-state index contributed by atoms with van der Waals surface area (Å²) in [5.74, 6) is 0.229. The molecule has 9 nitrogen and oxygen atoms in total. The van der Waals surface area contributed by atoms with Gasteiger partial charge in [0.2, 0.25) is 5.91 Å². The second kappa shape index (κ2) is 10.3. The third-order valence-electron chi connectivity index (χ3n) is 6.55. The maximum absolute atomic E-state index is 12.6. The number of morpholine rings is 1. The van der Waals surface area contributed by atoms with Crippen LogP contribution in [0.4, 0.5) is 0 Å². The van der Waals surface area contributed by atoms with Gasteiger partial charge in [0.15, 0.2) is 5.16 Å². The highest BCUT2D eigenvalue weighted by Crippen LogP contribution is 2.34. The minimum absolute atomic E-state index is 0.0164. The number of H-pyrrole nitrogens is 1. The van der Waals surface area contributed by atoms with Crippen LogP contribution in [0.1, 0.15) is 44.9 Å². The number of carbonyl (C=O) groups excluding carboxylic acids is 1. The fourth-order valence-electron chi connectivity index (χ4n) is 4.86. The summed E-state index contributed by atoms with van der Waals surface area (Å²) in [4.78, 5) is 27.2. The third-order valence-corrected chi connectivity index (χ3v) is 7.52. The number of thioether (sulfide) groups is 1. The molecule has 4 rings (SSSR count). The third kappa shape index (κ3) is 5.27. The maximum atomic E-state index is 12.6. The van der Waals surface area contributed by atoms with Crippen LogP contribution in [0.5, 0.6) is 0 Å². The summed E-state index contributed by atoms with van der Waals surface area (Å²) in [6.45, 7) is 5.32. The SMILES string of the molecule is O=C(CSc1n[nH]c(=O)n1CC1CCCO1)NCC1(N2CCOCC2)CCCCC1. The van der Waals surface area contributed by atoms with Crippen molar-refractivity contribution in [2.45, 2.75) is 68.3 Å². The minimum atomic E-state index is -0.248. The summed E-state index contributed by atoms with van der Waals surface area (Å²) >= 11 is 1.30. The van der Waals surface area contributed by atoms with E-state index < -0.39 is 0 Å². The first-order valence-electron chi connectivity index (χ1n) is 11.2. The van der Waals surface area contributed by atoms with E-state index in [1.807, 2.05) is 0 Å². The molecule has 3 fully saturated rings. The summed E-state index contributed by atoms with van der Waals surface area (Å²) in [7, 11) is 0. The van der Waals surface area contributed by atoms with Gasteiger partial charge < -0.3 is 14.8 Å². The first-order chi connectivity index (χ1) is 14.7. The second-order valence-electron chi connectivity index (χ2n) is 8.51. The van der Waals surface area contributed by atoms with Crippen LogP contribution in [0.2, 0.25) is 0 Å². The van der Waals surface area contributed by atoms with Crippen LogP contribution in [0, 0.1) is 0 Å². The summed E-state index contributed by atoms with van der Waals surface area (Å²) < 4.78 is 12.8. The molecule has 10 heteroatoms. The fraction of sp³-hybridized carbons (Fsp3) is 0.850. The monoisotopic (exact) mass is 439 g/mol. The number of aromatic nitrogens is 3. The molecule has 30 heavy (non-hydrogen) atoms. The Balaban J connectivity index is 1.30. The van der Waals surface area contributed by atoms with Gasteiger partial charge in [0.25, 0.3) is 0 Å². The first-order valence-corrected chi connectivity index (χ1v) is 12.1. The predicted molar refractivity (Wildman–Crippen MR) is 114 cm³/mol. The molecule has 3 aliphatic rings. The Labute approximate surface area is 181 Å². The molecule has 2 aliphatic heterocycles. The van der Waals surface area contributed by atoms with E-state index in [-0.39, 0.29) is 29.0 Å². The molecule has 168 valence electrons. The van der Waals surface area contributed by atoms with Gasteiger partial charge in [-0.2, -0.15) is 0 Å². The molecule has 1 aromatic heterocycles. The van der Waals surface area contributed by atoms with Crippen LogP contribution < -0.4 is 11.0 Å². The Morgan fingerprint density at radius 1 is 1.20 bits per heavy atom. The number of amides is 1. The smallest absolute Gasteiger partial charge is 0.344 e. The Morgan fingerprint density at radius 2 is 2.00 bits per heavy atom. The highest BCUT2D eigenvalue weighted by atomic mass is 32.2. The number of carbonyl (C=O) groups is 1. The van der Waals surface area contributed by atoms with Crippen LogP contribution >= 0.6 is 11.8 Å². The quantitative estimate of drug-likeness (QED) is 0.583. The van der Waals surface area contributed by atoms with E-state index >= 15 is 0 Å². The molecule has 1 saturated carbocycles. The van der Waals surface area contributed by atoms with Crippen molar-refractivity contribution in [3.05, 3.63) is 10.5 Å². The molecule has 2 saturated heterocycles. The van der Waals surface area contributed by atoms with Gasteiger partial charge in [-0.05, 0) is 25.7 Å². The summed E-state index contributed by atoms with van der Waals surface area (Å²) in [5.41, 5.74) is -0.196. The molecule has 1 unspecified atom stereocenters. The highest BCUT2D eigenvalue weighted by molar-refractivity contribution is 7.99. The Kier molecular flexibility index (Phi) is 7.50. The predicted octanol–water partition coefficient (Wildman–Crippen LogP) is 0.994. The zero-order valence-electron chi connectivity index (χ0n) is 17.6. The van der Waals surface area contributed by atoms with Gasteiger partial charge in [-0.15, -0.1) is 5.10 Å². The average molecular weight is 440 g/mol. The second-order valence-corrected chi connectivity index (χ2v) is 9.45. The molecule has 1 atom stereocenters. The molecule has 0 bridgehead atoms. The van der Waals surface area contributed by atoms with E-state index in [9.17, 15) is 9.59 Å². The molecular formula is C20H33N5O4S. The maximum Gasteiger partial charge on any atom is 0.344 e. The Morgan fingerprint density at radius 3 is 2.73 bits per heavy atom. The lowest BCUT2D eigenvalue weighted by Gasteiger charge is -2.48. The first kappa shape index (κ1) is 21.9. The highest BCUT2D eigenvalue weighted by Gasteiger charge is 2.38. The van der Waals surface area contributed by atoms with Crippen molar-refractivity contribution in [2.75, 3.05) is 45.2 Å². The molecule has 3 heterocycles. The van der Waals surface area contributed by atoms with Crippen molar-refractivity contribution in [2.24, 2.45) is 0 Å². The summed E-state index contributed by atoms with van der Waals surface area (Å²) in [6.07, 6.45) is 7.97. The van der Waals surface area contributed by atoms with Crippen LogP contribution in [0.3, 0.4) is 0 Å². The zero-order chi connectivity index (χ0) is 20.8. The van der Waals surface area contributed by atoms with Gasteiger partial charge in [-0.25, -0.2) is 9.89 Å². The van der Waals surface area contributed by atoms with Gasteiger partial charge in [0, 0.05) is 31.8 Å². The fourth-order valence-corrected chi connectivity index (χ4v) is 5.65. The standard InChI is InChI=1S/C20H33N5O4S/c26-17(14-30-19-23-22-18(27)25(19)13-16-5-4-10-29-16)21-15-20(6-2-1-3-7-20)24-8-11-28-12-9-24/h16H,1-15H2,(H,21,26)(H,22,27). The van der Waals surface area contributed by atoms with Crippen LogP contribution in [-0.4, -0.2) is 82.4 Å². The number of nitrogens with zero attached hydrogens (tertiary/aromatic N) is 3. The van der Waals surface area contributed by atoms with Crippen molar-refractivity contribution in [1.29, 1.82) is 0 Å². The number of aromatic amines is 1. The summed E-state index contributed by atoms with van der Waals surface area (Å²) in [6, 6.07) is 0. The lowest BCUT2D eigenvalue weighted by Crippen LogP contribution is -2.59. The largest absolute Gasteiger partial charge is 0.379 e. The van der Waals surface area contributed by atoms with Crippen molar-refractivity contribution < 1.29 is 14.3 Å². The normalized spacial score (nSPS) is 24.7. The van der Waals surface area contributed by atoms with Crippen LogP contribution in [0.25, 0.3) is 0 Å². The molecule has 0 spiro atoms. The number of nitrogens with one attached hydrogen (secondary N) is 2. The van der Waals surface area contributed by atoms with Gasteiger partial charge in [-0.3, -0.25) is 14.3 Å². The molecular weight excluding hydrogens is 406 g/mol. The lowest BCUT2D eigenvalue weighted by molar-refractivity contribution is -0.119. The van der Waals surface area contributed by atoms with Gasteiger partial charge in [0.1, 0.15) is 0 Å². The number of hydrogen-bond acceptors (Lipinski definition) is 7. The van der Waals surface area contributed by atoms with E-state index in [0.717, 1.165) is 58.6 Å². The van der Waals surface area contributed by atoms with Crippen molar-refractivity contribution in [3.8, 4) is 0 Å². The van der Waals surface area contributed by atoms with E-state index in [0.29, 0.717) is 18.2 Å². The minimum Gasteiger partial charge on any atom is -0.379 e. The molecule has 0 radical (unpaired) electrons. The van der Waals surface area contributed by atoms with Crippen molar-refractivity contribution in [1.82, 2.24) is 25.0 Å². The lowest BCUT2D eigenvalue weighted by atomic mass is 9.79. The zero-order valence-corrected chi connectivity index (χ0v) is 18.4. The summed E-state index contributed by atoms with van der Waals surface area (Å²) in [5, 5.41) is 10.3. The van der Waals surface area contributed by atoms with Gasteiger partial charge in [-0.1, -0.05) is 31.0 Å². The van der Waals surface area contributed by atoms with Crippen LogP contribution in [-0.2, 0) is 20.8 Å². The van der Waals surface area contributed by atoms with E-state index in [1.165, 1.54) is 31.0 Å². The molecule has 2 N–H and O–H groups in total. The number of hydrogen-bond donors (Lipinski definition) is 2. The molecule has 1 aromatic rings. The van der Waals surface area contributed by atoms with Crippen molar-refractivity contribution in [3.63, 3.8) is 0 Å². The van der Waals surface area contributed by atoms with Crippen LogP contribution in [0.15, 0.2) is 9.95 Å². The number of ether oxygens (including phenoxy) is 2. The van der Waals surface area contributed by atoms with E-state index in [2.05, 4.69) is 20.4 Å².